The van der Waals surface area contributed by atoms with Crippen molar-refractivity contribution >= 4 is 11.8 Å². The number of rotatable bonds is 3. The van der Waals surface area contributed by atoms with E-state index in [2.05, 4.69) is 21.9 Å². The maximum Gasteiger partial charge on any atom is 0.226 e. The maximum atomic E-state index is 5.43. The maximum absolute atomic E-state index is 5.43. The molecular weight excluding hydrogens is 314 g/mol. The minimum absolute atomic E-state index is 0.780. The van der Waals surface area contributed by atoms with Crippen molar-refractivity contribution in [3.8, 4) is 11.3 Å². The first-order chi connectivity index (χ1) is 12.4. The van der Waals surface area contributed by atoms with Crippen LogP contribution in [0.3, 0.4) is 0 Å². The predicted molar refractivity (Wildman–Crippen MR) is 97.2 cm³/mol. The van der Waals surface area contributed by atoms with E-state index in [1.165, 1.54) is 24.1 Å². The lowest BCUT2D eigenvalue weighted by atomic mass is 10.1. The molecule has 0 saturated carbocycles. The minimum atomic E-state index is 0.780. The number of hydrogen-bond donors (Lipinski definition) is 0. The number of nitrogens with zero attached hydrogens (tertiary/aromatic N) is 5. The fourth-order valence-corrected chi connectivity index (χ4v) is 3.82. The van der Waals surface area contributed by atoms with Crippen molar-refractivity contribution in [3.05, 3.63) is 29.6 Å². The molecule has 0 atom stereocenters. The number of ether oxygens (including phenoxy) is 1. The van der Waals surface area contributed by atoms with Crippen LogP contribution in [0.1, 0.15) is 24.1 Å². The van der Waals surface area contributed by atoms with Gasteiger partial charge in [-0.25, -0.2) is 15.0 Å². The average molecular weight is 337 g/mol. The first-order valence-corrected chi connectivity index (χ1v) is 9.32. The number of fused-ring (bicyclic) bond motifs is 1. The molecule has 0 unspecified atom stereocenters. The summed E-state index contributed by atoms with van der Waals surface area (Å²) in [6, 6.07) is 4.28. The molecule has 2 aliphatic heterocycles. The molecule has 0 N–H and O–H groups in total. The largest absolute Gasteiger partial charge is 0.378 e. The molecule has 25 heavy (non-hydrogen) atoms. The lowest BCUT2D eigenvalue weighted by Crippen LogP contribution is -2.38. The van der Waals surface area contributed by atoms with Gasteiger partial charge in [-0.05, 0) is 37.8 Å². The molecule has 0 spiro atoms. The van der Waals surface area contributed by atoms with E-state index >= 15 is 0 Å². The summed E-state index contributed by atoms with van der Waals surface area (Å²) in [4.78, 5) is 19.0. The lowest BCUT2D eigenvalue weighted by molar-refractivity contribution is 0.122. The van der Waals surface area contributed by atoms with Crippen molar-refractivity contribution in [2.24, 2.45) is 0 Å². The van der Waals surface area contributed by atoms with Crippen LogP contribution in [-0.4, -0.2) is 54.3 Å². The molecule has 3 aliphatic rings. The van der Waals surface area contributed by atoms with Gasteiger partial charge in [0.05, 0.1) is 18.9 Å². The van der Waals surface area contributed by atoms with E-state index in [-0.39, 0.29) is 0 Å². The SMILES string of the molecule is c1cc(N2CCOCC2)ncc1-c1nc(N2CCC2)nc2c1CCC2. The fourth-order valence-electron chi connectivity index (χ4n) is 3.82. The Hall–Kier alpha value is -2.21. The van der Waals surface area contributed by atoms with Gasteiger partial charge in [-0.1, -0.05) is 0 Å². The third kappa shape index (κ3) is 2.74. The van der Waals surface area contributed by atoms with E-state index in [4.69, 9.17) is 19.7 Å². The Morgan fingerprint density at radius 2 is 1.76 bits per heavy atom. The second kappa shape index (κ2) is 6.26. The number of hydrogen-bond acceptors (Lipinski definition) is 6. The summed E-state index contributed by atoms with van der Waals surface area (Å²) < 4.78 is 5.43. The van der Waals surface area contributed by atoms with Crippen molar-refractivity contribution in [2.45, 2.75) is 25.7 Å². The summed E-state index contributed by atoms with van der Waals surface area (Å²) in [5.74, 6) is 1.93. The van der Waals surface area contributed by atoms with Crippen LogP contribution < -0.4 is 9.80 Å². The van der Waals surface area contributed by atoms with Gasteiger partial charge >= 0.3 is 0 Å². The van der Waals surface area contributed by atoms with Crippen LogP contribution in [0.2, 0.25) is 0 Å². The van der Waals surface area contributed by atoms with E-state index in [0.717, 1.165) is 75.3 Å². The molecular formula is C19H23N5O. The van der Waals surface area contributed by atoms with Crippen molar-refractivity contribution in [2.75, 3.05) is 49.2 Å². The summed E-state index contributed by atoms with van der Waals surface area (Å²) in [5, 5.41) is 0. The Balaban J connectivity index is 1.48. The molecule has 2 fully saturated rings. The Morgan fingerprint density at radius 1 is 0.880 bits per heavy atom. The molecule has 2 aromatic rings. The fraction of sp³-hybridized carbons (Fsp3) is 0.526. The molecule has 2 saturated heterocycles. The number of pyridine rings is 1. The van der Waals surface area contributed by atoms with Gasteiger partial charge in [0, 0.05) is 49.2 Å². The molecule has 130 valence electrons. The molecule has 1 aliphatic carbocycles. The van der Waals surface area contributed by atoms with E-state index < -0.39 is 0 Å². The first kappa shape index (κ1) is 15.1. The van der Waals surface area contributed by atoms with Crippen LogP contribution >= 0.6 is 0 Å². The van der Waals surface area contributed by atoms with Crippen LogP contribution in [0, 0.1) is 0 Å². The molecule has 0 aromatic carbocycles. The highest BCUT2D eigenvalue weighted by Gasteiger charge is 2.25. The highest BCUT2D eigenvalue weighted by Crippen LogP contribution is 2.33. The summed E-state index contributed by atoms with van der Waals surface area (Å²) in [7, 11) is 0. The van der Waals surface area contributed by atoms with Gasteiger partial charge in [-0.2, -0.15) is 0 Å². The Morgan fingerprint density at radius 3 is 2.48 bits per heavy atom. The van der Waals surface area contributed by atoms with Gasteiger partial charge in [0.25, 0.3) is 0 Å². The monoisotopic (exact) mass is 337 g/mol. The number of aromatic nitrogens is 3. The summed E-state index contributed by atoms with van der Waals surface area (Å²) >= 11 is 0. The Kier molecular flexibility index (Phi) is 3.77. The minimum Gasteiger partial charge on any atom is -0.378 e. The Bertz CT molecular complexity index is 766. The highest BCUT2D eigenvalue weighted by molar-refractivity contribution is 5.67. The highest BCUT2D eigenvalue weighted by atomic mass is 16.5. The molecule has 6 heteroatoms. The zero-order chi connectivity index (χ0) is 16.6. The summed E-state index contributed by atoms with van der Waals surface area (Å²) in [6.07, 6.45) is 6.55. The van der Waals surface area contributed by atoms with Crippen molar-refractivity contribution in [3.63, 3.8) is 0 Å². The third-order valence-corrected chi connectivity index (χ3v) is 5.42. The quantitative estimate of drug-likeness (QED) is 0.855. The van der Waals surface area contributed by atoms with Crippen LogP contribution in [-0.2, 0) is 17.6 Å². The zero-order valence-electron chi connectivity index (χ0n) is 14.4. The topological polar surface area (TPSA) is 54.4 Å². The Labute approximate surface area is 147 Å². The van der Waals surface area contributed by atoms with Gasteiger partial charge in [-0.15, -0.1) is 0 Å². The van der Waals surface area contributed by atoms with E-state index in [0.29, 0.717) is 0 Å². The van der Waals surface area contributed by atoms with Gasteiger partial charge < -0.3 is 14.5 Å². The summed E-state index contributed by atoms with van der Waals surface area (Å²) in [5.41, 5.74) is 4.76. The van der Waals surface area contributed by atoms with Gasteiger partial charge in [0.15, 0.2) is 0 Å². The smallest absolute Gasteiger partial charge is 0.226 e. The number of anilines is 2. The van der Waals surface area contributed by atoms with Crippen LogP contribution in [0.5, 0.6) is 0 Å². The second-order valence-corrected chi connectivity index (χ2v) is 7.00. The normalized spacial score (nSPS) is 19.7. The van der Waals surface area contributed by atoms with Crippen LogP contribution in [0.25, 0.3) is 11.3 Å². The summed E-state index contributed by atoms with van der Waals surface area (Å²) in [6.45, 7) is 5.53. The van der Waals surface area contributed by atoms with Gasteiger partial charge in [0.2, 0.25) is 5.95 Å². The molecule has 6 nitrogen and oxygen atoms in total. The lowest BCUT2D eigenvalue weighted by Gasteiger charge is -2.31. The van der Waals surface area contributed by atoms with E-state index in [1.54, 1.807) is 0 Å². The molecule has 0 bridgehead atoms. The number of morpholine rings is 1. The molecule has 0 amide bonds. The average Bonchev–Trinajstić information content (AvgIpc) is 3.09. The van der Waals surface area contributed by atoms with Crippen molar-refractivity contribution < 1.29 is 4.74 Å². The van der Waals surface area contributed by atoms with Crippen molar-refractivity contribution in [1.29, 1.82) is 0 Å². The standard InChI is InChI=1S/C19H23N5O/c1-3-15-16(4-1)21-19(24-7-2-8-24)22-18(15)14-5-6-17(20-13-14)23-9-11-25-12-10-23/h5-6,13H,1-4,7-12H2. The molecule has 2 aromatic heterocycles. The van der Waals surface area contributed by atoms with Crippen LogP contribution in [0.4, 0.5) is 11.8 Å². The van der Waals surface area contributed by atoms with Crippen molar-refractivity contribution in [1.82, 2.24) is 15.0 Å². The zero-order valence-corrected chi connectivity index (χ0v) is 14.4. The third-order valence-electron chi connectivity index (χ3n) is 5.42. The second-order valence-electron chi connectivity index (χ2n) is 7.00. The molecule has 0 radical (unpaired) electrons. The van der Waals surface area contributed by atoms with Crippen LogP contribution in [0.15, 0.2) is 18.3 Å². The molecule has 5 rings (SSSR count). The molecule has 4 heterocycles. The number of aryl methyl sites for hydroxylation is 1. The predicted octanol–water partition coefficient (Wildman–Crippen LogP) is 2.07. The van der Waals surface area contributed by atoms with E-state index in [9.17, 15) is 0 Å². The van der Waals surface area contributed by atoms with Gasteiger partial charge in [0.1, 0.15) is 5.82 Å². The van der Waals surface area contributed by atoms with E-state index in [1.807, 2.05) is 6.20 Å². The first-order valence-electron chi connectivity index (χ1n) is 9.32. The van der Waals surface area contributed by atoms with Gasteiger partial charge in [-0.3, -0.25) is 0 Å².